The molecule has 3 nitrogen and oxygen atoms in total. The Morgan fingerprint density at radius 1 is 1.08 bits per heavy atom. The van der Waals surface area contributed by atoms with Gasteiger partial charge in [-0.05, 0) is 0 Å². The molecule has 0 saturated heterocycles. The summed E-state index contributed by atoms with van der Waals surface area (Å²) in [5.41, 5.74) is 0.417. The zero-order valence-electron chi connectivity index (χ0n) is 15.5. The molecular formula is C22H26O3Se. The van der Waals surface area contributed by atoms with Gasteiger partial charge in [-0.1, -0.05) is 0 Å². The molecule has 0 heterocycles. The molecule has 2 atom stereocenters. The van der Waals surface area contributed by atoms with Gasteiger partial charge in [0.15, 0.2) is 0 Å². The topological polar surface area (TPSA) is 46.5 Å². The SMILES string of the molecule is CC(C)(C)OC(=O)[C@H](C[Se]c1ccccc1)[C@@H](O)/C=C/c1ccccc1. The van der Waals surface area contributed by atoms with Crippen LogP contribution in [0.4, 0.5) is 0 Å². The Balaban J connectivity index is 2.10. The van der Waals surface area contributed by atoms with Crippen molar-refractivity contribution < 1.29 is 14.6 Å². The number of ether oxygens (including phenoxy) is 1. The first-order valence-electron chi connectivity index (χ1n) is 8.67. The van der Waals surface area contributed by atoms with E-state index >= 15 is 0 Å². The molecule has 1 N–H and O–H groups in total. The van der Waals surface area contributed by atoms with Crippen LogP contribution in [0, 0.1) is 5.92 Å². The van der Waals surface area contributed by atoms with E-state index in [2.05, 4.69) is 12.1 Å². The van der Waals surface area contributed by atoms with E-state index in [1.807, 2.05) is 75.4 Å². The average Bonchev–Trinajstić information content (AvgIpc) is 2.60. The van der Waals surface area contributed by atoms with Crippen LogP contribution < -0.4 is 4.46 Å². The van der Waals surface area contributed by atoms with Gasteiger partial charge in [-0.25, -0.2) is 0 Å². The molecule has 0 bridgehead atoms. The molecule has 0 aliphatic heterocycles. The molecule has 4 heteroatoms. The van der Waals surface area contributed by atoms with Gasteiger partial charge < -0.3 is 0 Å². The van der Waals surface area contributed by atoms with E-state index in [4.69, 9.17) is 4.74 Å². The van der Waals surface area contributed by atoms with Crippen molar-refractivity contribution in [3.05, 3.63) is 72.3 Å². The standard InChI is InChI=1S/C22H26O3Se/c1-22(2,3)25-21(24)19(16-26-18-12-8-5-9-13-18)20(23)15-14-17-10-6-4-7-11-17/h4-15,19-20,23H,16H2,1-3H3/b15-14+/t19-,20+/m1/s1. The molecule has 0 radical (unpaired) electrons. The summed E-state index contributed by atoms with van der Waals surface area (Å²) in [4.78, 5) is 12.6. The summed E-state index contributed by atoms with van der Waals surface area (Å²) in [6.45, 7) is 5.53. The zero-order valence-corrected chi connectivity index (χ0v) is 17.2. The number of benzene rings is 2. The molecule has 0 aromatic heterocycles. The quantitative estimate of drug-likeness (QED) is 0.555. The molecule has 0 aliphatic rings. The Labute approximate surface area is 162 Å². The molecule has 0 amide bonds. The van der Waals surface area contributed by atoms with Crippen molar-refractivity contribution in [3.8, 4) is 0 Å². The van der Waals surface area contributed by atoms with Crippen LogP contribution in [0.15, 0.2) is 66.7 Å². The number of carbonyl (C=O) groups excluding carboxylic acids is 1. The Kier molecular flexibility index (Phi) is 7.65. The summed E-state index contributed by atoms with van der Waals surface area (Å²) in [5, 5.41) is 11.2. The predicted molar refractivity (Wildman–Crippen MR) is 107 cm³/mol. The van der Waals surface area contributed by atoms with Gasteiger partial charge in [-0.2, -0.15) is 0 Å². The number of carbonyl (C=O) groups is 1. The maximum absolute atomic E-state index is 12.6. The predicted octanol–water partition coefficient (Wildman–Crippen LogP) is 3.47. The number of aliphatic hydroxyl groups is 1. The van der Waals surface area contributed by atoms with Crippen molar-refractivity contribution in [1.29, 1.82) is 0 Å². The van der Waals surface area contributed by atoms with Gasteiger partial charge in [0.2, 0.25) is 0 Å². The third-order valence-electron chi connectivity index (χ3n) is 3.58. The summed E-state index contributed by atoms with van der Waals surface area (Å²) in [5.74, 6) is -0.921. The molecule has 138 valence electrons. The van der Waals surface area contributed by atoms with E-state index in [1.165, 1.54) is 4.46 Å². The summed E-state index contributed by atoms with van der Waals surface area (Å²) in [7, 11) is 0. The van der Waals surface area contributed by atoms with Crippen LogP contribution in [-0.2, 0) is 9.53 Å². The Hall–Kier alpha value is -1.87. The van der Waals surface area contributed by atoms with Gasteiger partial charge in [0, 0.05) is 0 Å². The maximum atomic E-state index is 12.6. The van der Waals surface area contributed by atoms with Gasteiger partial charge in [0.05, 0.1) is 0 Å². The van der Waals surface area contributed by atoms with Gasteiger partial charge >= 0.3 is 162 Å². The number of aliphatic hydroxyl groups excluding tert-OH is 1. The number of hydrogen-bond acceptors (Lipinski definition) is 3. The van der Waals surface area contributed by atoms with Crippen molar-refractivity contribution >= 4 is 31.5 Å². The van der Waals surface area contributed by atoms with Crippen LogP contribution in [-0.4, -0.2) is 37.7 Å². The molecule has 2 rings (SSSR count). The summed E-state index contributed by atoms with van der Waals surface area (Å²) in [6.07, 6.45) is 2.65. The molecule has 0 aliphatic carbocycles. The van der Waals surface area contributed by atoms with E-state index in [9.17, 15) is 9.90 Å². The molecule has 0 spiro atoms. The average molecular weight is 417 g/mol. The Morgan fingerprint density at radius 2 is 1.65 bits per heavy atom. The van der Waals surface area contributed by atoms with Crippen molar-refractivity contribution in [2.45, 2.75) is 37.8 Å². The first kappa shape index (κ1) is 20.4. The van der Waals surface area contributed by atoms with Crippen molar-refractivity contribution in [2.75, 3.05) is 0 Å². The minimum atomic E-state index is -0.879. The second-order valence-corrected chi connectivity index (χ2v) is 9.32. The third kappa shape index (κ3) is 7.17. The first-order valence-corrected chi connectivity index (χ1v) is 10.7. The Morgan fingerprint density at radius 3 is 2.23 bits per heavy atom. The van der Waals surface area contributed by atoms with Crippen molar-refractivity contribution in [2.24, 2.45) is 5.92 Å². The second kappa shape index (κ2) is 9.72. The summed E-state index contributed by atoms with van der Waals surface area (Å²) >= 11 is 0.0877. The Bertz CT molecular complexity index is 705. The van der Waals surface area contributed by atoms with E-state index in [1.54, 1.807) is 6.08 Å². The van der Waals surface area contributed by atoms with E-state index < -0.39 is 17.6 Å². The van der Waals surface area contributed by atoms with Crippen LogP contribution in [0.5, 0.6) is 0 Å². The fourth-order valence-electron chi connectivity index (χ4n) is 2.29. The van der Waals surface area contributed by atoms with Gasteiger partial charge in [-0.3, -0.25) is 0 Å². The van der Waals surface area contributed by atoms with Gasteiger partial charge in [0.1, 0.15) is 0 Å². The molecule has 0 saturated carbocycles. The third-order valence-corrected chi connectivity index (χ3v) is 5.95. The molecule has 2 aromatic rings. The van der Waals surface area contributed by atoms with Crippen molar-refractivity contribution in [3.63, 3.8) is 0 Å². The van der Waals surface area contributed by atoms with Crippen LogP contribution in [0.2, 0.25) is 5.32 Å². The fraction of sp³-hybridized carbons (Fsp3) is 0.318. The fourth-order valence-corrected chi connectivity index (χ4v) is 4.51. The normalized spacial score (nSPS) is 14.2. The van der Waals surface area contributed by atoms with Crippen LogP contribution in [0.3, 0.4) is 0 Å². The minimum absolute atomic E-state index is 0.0877. The number of hydrogen-bond donors (Lipinski definition) is 1. The summed E-state index contributed by atoms with van der Waals surface area (Å²) < 4.78 is 6.74. The van der Waals surface area contributed by atoms with Crippen LogP contribution in [0.25, 0.3) is 6.08 Å². The molecule has 0 fully saturated rings. The summed E-state index contributed by atoms with van der Waals surface area (Å²) in [6, 6.07) is 19.8. The molecule has 0 unspecified atom stereocenters. The van der Waals surface area contributed by atoms with Crippen molar-refractivity contribution in [1.82, 2.24) is 0 Å². The second-order valence-electron chi connectivity index (χ2n) is 7.02. The van der Waals surface area contributed by atoms with Gasteiger partial charge in [-0.15, -0.1) is 0 Å². The van der Waals surface area contributed by atoms with Gasteiger partial charge in [0.25, 0.3) is 0 Å². The van der Waals surface area contributed by atoms with Crippen LogP contribution in [0.1, 0.15) is 26.3 Å². The van der Waals surface area contributed by atoms with Crippen LogP contribution >= 0.6 is 0 Å². The van der Waals surface area contributed by atoms with E-state index in [-0.39, 0.29) is 20.9 Å². The molecular weight excluding hydrogens is 391 g/mol. The number of esters is 1. The van der Waals surface area contributed by atoms with E-state index in [0.717, 1.165) is 5.56 Å². The monoisotopic (exact) mass is 418 g/mol. The first-order chi connectivity index (χ1) is 12.3. The molecule has 26 heavy (non-hydrogen) atoms. The zero-order chi connectivity index (χ0) is 19.0. The molecule has 2 aromatic carbocycles. The number of rotatable bonds is 7. The van der Waals surface area contributed by atoms with E-state index in [0.29, 0.717) is 5.32 Å².